The molecule has 166 valence electrons. The molecule has 1 heterocycles. The largest absolute Gasteiger partial charge is 0.340 e. The first kappa shape index (κ1) is 22.1. The van der Waals surface area contributed by atoms with Gasteiger partial charge in [0.25, 0.3) is 5.91 Å². The van der Waals surface area contributed by atoms with Crippen LogP contribution in [0, 0.1) is 6.92 Å². The highest BCUT2D eigenvalue weighted by Gasteiger charge is 2.11. The molecular formula is C24H21N5O3S. The maximum absolute atomic E-state index is 12.7. The molecule has 0 radical (unpaired) electrons. The number of rotatable bonds is 6. The number of aryl methyl sites for hydroxylation is 1. The van der Waals surface area contributed by atoms with Crippen LogP contribution in [0.3, 0.4) is 0 Å². The average Bonchev–Trinajstić information content (AvgIpc) is 2.79. The van der Waals surface area contributed by atoms with E-state index in [2.05, 4.69) is 20.6 Å². The Bertz CT molecular complexity index is 1410. The van der Waals surface area contributed by atoms with Gasteiger partial charge in [-0.15, -0.1) is 0 Å². The van der Waals surface area contributed by atoms with Crippen LogP contribution in [0.15, 0.2) is 89.8 Å². The van der Waals surface area contributed by atoms with Crippen molar-refractivity contribution in [2.45, 2.75) is 11.8 Å². The molecule has 0 aliphatic rings. The molecule has 0 aliphatic carbocycles. The topological polar surface area (TPSA) is 127 Å². The highest BCUT2D eigenvalue weighted by Crippen LogP contribution is 2.23. The molecule has 9 heteroatoms. The van der Waals surface area contributed by atoms with Crippen molar-refractivity contribution in [2.75, 3.05) is 10.6 Å². The zero-order valence-electron chi connectivity index (χ0n) is 17.7. The van der Waals surface area contributed by atoms with E-state index in [9.17, 15) is 13.2 Å². The van der Waals surface area contributed by atoms with Gasteiger partial charge < -0.3 is 10.6 Å². The lowest BCUT2D eigenvalue weighted by molar-refractivity contribution is 0.102. The number of sulfonamides is 1. The summed E-state index contributed by atoms with van der Waals surface area (Å²) in [5, 5.41) is 11.1. The van der Waals surface area contributed by atoms with Crippen molar-refractivity contribution in [3.63, 3.8) is 0 Å². The molecule has 0 saturated carbocycles. The van der Waals surface area contributed by atoms with Gasteiger partial charge in [-0.05, 0) is 49.4 Å². The molecule has 0 atom stereocenters. The van der Waals surface area contributed by atoms with Crippen LogP contribution >= 0.6 is 0 Å². The van der Waals surface area contributed by atoms with Gasteiger partial charge in [-0.25, -0.2) is 23.5 Å². The van der Waals surface area contributed by atoms with E-state index in [1.807, 2.05) is 49.4 Å². The summed E-state index contributed by atoms with van der Waals surface area (Å²) >= 11 is 0. The van der Waals surface area contributed by atoms with Gasteiger partial charge in [-0.1, -0.05) is 36.4 Å². The molecule has 4 N–H and O–H groups in total. The van der Waals surface area contributed by atoms with E-state index in [1.54, 1.807) is 18.2 Å². The first-order valence-electron chi connectivity index (χ1n) is 10.0. The van der Waals surface area contributed by atoms with Gasteiger partial charge in [0, 0.05) is 28.6 Å². The Kier molecular flexibility index (Phi) is 6.16. The molecule has 0 bridgehead atoms. The normalized spacial score (nSPS) is 11.1. The van der Waals surface area contributed by atoms with Crippen molar-refractivity contribution in [3.8, 4) is 11.3 Å². The molecule has 1 aromatic heterocycles. The van der Waals surface area contributed by atoms with Gasteiger partial charge in [0.15, 0.2) is 0 Å². The van der Waals surface area contributed by atoms with Gasteiger partial charge in [-0.3, -0.25) is 4.79 Å². The predicted octanol–water partition coefficient (Wildman–Crippen LogP) is 4.10. The second-order valence-electron chi connectivity index (χ2n) is 7.28. The van der Waals surface area contributed by atoms with Crippen molar-refractivity contribution in [2.24, 2.45) is 5.14 Å². The van der Waals surface area contributed by atoms with Gasteiger partial charge in [0.1, 0.15) is 11.6 Å². The molecule has 33 heavy (non-hydrogen) atoms. The van der Waals surface area contributed by atoms with E-state index in [4.69, 9.17) is 5.14 Å². The summed E-state index contributed by atoms with van der Waals surface area (Å²) < 4.78 is 22.7. The summed E-state index contributed by atoms with van der Waals surface area (Å²) in [6, 6.07) is 24.3. The van der Waals surface area contributed by atoms with Crippen LogP contribution < -0.4 is 15.8 Å². The number of hydrogen-bond acceptors (Lipinski definition) is 6. The molecule has 0 unspecified atom stereocenters. The van der Waals surface area contributed by atoms with Crippen LogP contribution in [0.2, 0.25) is 0 Å². The van der Waals surface area contributed by atoms with Crippen molar-refractivity contribution < 1.29 is 13.2 Å². The number of anilines is 3. The number of carbonyl (C=O) groups excluding carboxylic acids is 1. The van der Waals surface area contributed by atoms with Crippen LogP contribution in [-0.2, 0) is 10.0 Å². The minimum absolute atomic E-state index is 0.0262. The Balaban J connectivity index is 1.51. The highest BCUT2D eigenvalue weighted by atomic mass is 32.2. The third-order valence-electron chi connectivity index (χ3n) is 4.75. The quantitative estimate of drug-likeness (QED) is 0.398. The summed E-state index contributed by atoms with van der Waals surface area (Å²) in [4.78, 5) is 21.6. The second kappa shape index (κ2) is 9.19. The molecule has 0 aliphatic heterocycles. The highest BCUT2D eigenvalue weighted by molar-refractivity contribution is 7.89. The van der Waals surface area contributed by atoms with Crippen molar-refractivity contribution in [3.05, 3.63) is 96.3 Å². The number of hydrogen-bond donors (Lipinski definition) is 3. The fourth-order valence-corrected chi connectivity index (χ4v) is 3.72. The molecule has 4 rings (SSSR count). The number of nitrogens with zero attached hydrogens (tertiary/aromatic N) is 2. The third kappa shape index (κ3) is 5.59. The molecular weight excluding hydrogens is 438 g/mol. The molecule has 1 amide bonds. The first-order chi connectivity index (χ1) is 15.8. The van der Waals surface area contributed by atoms with E-state index < -0.39 is 10.0 Å². The number of amides is 1. The smallest absolute Gasteiger partial charge is 0.255 e. The number of carbonyl (C=O) groups is 1. The molecule has 0 fully saturated rings. The fraction of sp³-hybridized carbons (Fsp3) is 0.0417. The van der Waals surface area contributed by atoms with Crippen LogP contribution in [0.4, 0.5) is 17.2 Å². The van der Waals surface area contributed by atoms with Crippen LogP contribution in [-0.4, -0.2) is 24.3 Å². The minimum Gasteiger partial charge on any atom is -0.340 e. The fourth-order valence-electron chi connectivity index (χ4n) is 3.21. The van der Waals surface area contributed by atoms with Crippen LogP contribution in [0.25, 0.3) is 11.3 Å². The standard InChI is InChI=1S/C24H21N5O3S/c1-16-26-22(17-6-3-2-4-7-17)15-23(27-16)28-20-9-5-8-18(14-20)24(30)29-19-10-12-21(13-11-19)33(25,31)32/h2-15H,1H3,(H,29,30)(H2,25,31,32)(H,26,27,28). The monoisotopic (exact) mass is 459 g/mol. The van der Waals surface area contributed by atoms with Gasteiger partial charge in [-0.2, -0.15) is 0 Å². The Hall–Kier alpha value is -4.08. The second-order valence-corrected chi connectivity index (χ2v) is 8.84. The van der Waals surface area contributed by atoms with Crippen molar-refractivity contribution >= 4 is 33.1 Å². The van der Waals surface area contributed by atoms with Gasteiger partial charge in [0.05, 0.1) is 10.6 Å². The van der Waals surface area contributed by atoms with E-state index in [1.165, 1.54) is 24.3 Å². The zero-order valence-corrected chi connectivity index (χ0v) is 18.5. The summed E-state index contributed by atoms with van der Waals surface area (Å²) in [7, 11) is -3.79. The molecule has 0 spiro atoms. The van der Waals surface area contributed by atoms with E-state index in [0.717, 1.165) is 11.3 Å². The number of benzene rings is 3. The van der Waals surface area contributed by atoms with E-state index in [-0.39, 0.29) is 10.8 Å². The molecule has 4 aromatic rings. The molecule has 0 saturated heterocycles. The van der Waals surface area contributed by atoms with E-state index in [0.29, 0.717) is 28.6 Å². The Morgan fingerprint density at radius 2 is 1.58 bits per heavy atom. The first-order valence-corrected chi connectivity index (χ1v) is 11.5. The van der Waals surface area contributed by atoms with Gasteiger partial charge in [0.2, 0.25) is 10.0 Å². The number of nitrogens with one attached hydrogen (secondary N) is 2. The van der Waals surface area contributed by atoms with Crippen molar-refractivity contribution in [1.82, 2.24) is 9.97 Å². The molecule has 3 aromatic carbocycles. The Morgan fingerprint density at radius 1 is 0.848 bits per heavy atom. The van der Waals surface area contributed by atoms with Crippen molar-refractivity contribution in [1.29, 1.82) is 0 Å². The number of aromatic nitrogens is 2. The lowest BCUT2D eigenvalue weighted by Crippen LogP contribution is -2.14. The summed E-state index contributed by atoms with van der Waals surface area (Å²) in [5.74, 6) is 0.888. The maximum atomic E-state index is 12.7. The minimum atomic E-state index is -3.79. The van der Waals surface area contributed by atoms with E-state index >= 15 is 0 Å². The number of primary sulfonamides is 1. The summed E-state index contributed by atoms with van der Waals surface area (Å²) in [6.07, 6.45) is 0. The van der Waals surface area contributed by atoms with Crippen LogP contribution in [0.1, 0.15) is 16.2 Å². The lowest BCUT2D eigenvalue weighted by atomic mass is 10.1. The van der Waals surface area contributed by atoms with Crippen LogP contribution in [0.5, 0.6) is 0 Å². The Morgan fingerprint density at radius 3 is 2.27 bits per heavy atom. The molecule has 8 nitrogen and oxygen atoms in total. The average molecular weight is 460 g/mol. The SMILES string of the molecule is Cc1nc(Nc2cccc(C(=O)Nc3ccc(S(N)(=O)=O)cc3)c2)cc(-c2ccccc2)n1. The lowest BCUT2D eigenvalue weighted by Gasteiger charge is -2.11. The Labute approximate surface area is 191 Å². The predicted molar refractivity (Wildman–Crippen MR) is 128 cm³/mol. The van der Waals surface area contributed by atoms with Gasteiger partial charge >= 0.3 is 0 Å². The zero-order chi connectivity index (χ0) is 23.4. The maximum Gasteiger partial charge on any atom is 0.255 e. The summed E-state index contributed by atoms with van der Waals surface area (Å²) in [6.45, 7) is 1.82. The number of nitrogens with two attached hydrogens (primary N) is 1. The summed E-state index contributed by atoms with van der Waals surface area (Å²) in [5.41, 5.74) is 3.33. The third-order valence-corrected chi connectivity index (χ3v) is 5.67.